The van der Waals surface area contributed by atoms with Crippen LogP contribution in [0, 0.1) is 11.8 Å². The number of amides is 1. The molecule has 2 saturated carbocycles. The molecule has 2 aliphatic rings. The first-order valence-corrected chi connectivity index (χ1v) is 6.77. The lowest BCUT2D eigenvalue weighted by Gasteiger charge is -2.22. The molecule has 1 aromatic rings. The van der Waals surface area contributed by atoms with Crippen LogP contribution in [0.15, 0.2) is 12.3 Å². The summed E-state index contributed by atoms with van der Waals surface area (Å²) >= 11 is 0. The van der Waals surface area contributed by atoms with E-state index in [0.717, 1.165) is 24.9 Å². The maximum absolute atomic E-state index is 12.3. The molecule has 2 aliphatic carbocycles. The van der Waals surface area contributed by atoms with E-state index in [2.05, 4.69) is 5.10 Å². The number of hydrogen-bond acceptors (Lipinski definition) is 3. The first-order chi connectivity index (χ1) is 8.70. The Kier molecular flexibility index (Phi) is 2.97. The van der Waals surface area contributed by atoms with Crippen LogP contribution in [0.2, 0.25) is 0 Å². The molecule has 0 atom stereocenters. The fourth-order valence-electron chi connectivity index (χ4n) is 2.21. The molecular formula is C13H20N4O. The number of rotatable bonds is 6. The zero-order valence-electron chi connectivity index (χ0n) is 10.6. The fourth-order valence-corrected chi connectivity index (χ4v) is 2.21. The zero-order chi connectivity index (χ0) is 12.5. The molecular weight excluding hydrogens is 228 g/mol. The van der Waals surface area contributed by atoms with Gasteiger partial charge < -0.3 is 10.6 Å². The third-order valence-corrected chi connectivity index (χ3v) is 3.66. The van der Waals surface area contributed by atoms with Gasteiger partial charge in [-0.15, -0.1) is 0 Å². The highest BCUT2D eigenvalue weighted by atomic mass is 16.2. The van der Waals surface area contributed by atoms with Crippen molar-refractivity contribution < 1.29 is 4.79 Å². The Balaban J connectivity index is 1.58. The van der Waals surface area contributed by atoms with Gasteiger partial charge in [-0.3, -0.25) is 9.48 Å². The van der Waals surface area contributed by atoms with Gasteiger partial charge in [-0.2, -0.15) is 5.10 Å². The van der Waals surface area contributed by atoms with Gasteiger partial charge in [-0.1, -0.05) is 0 Å². The minimum atomic E-state index is 0.178. The molecule has 1 amide bonds. The molecule has 0 bridgehead atoms. The zero-order valence-corrected chi connectivity index (χ0v) is 10.6. The van der Waals surface area contributed by atoms with Crippen LogP contribution in [-0.4, -0.2) is 33.7 Å². The molecule has 0 spiro atoms. The number of anilines is 1. The van der Waals surface area contributed by atoms with E-state index in [9.17, 15) is 4.79 Å². The highest BCUT2D eigenvalue weighted by Gasteiger charge is 2.31. The molecule has 18 heavy (non-hydrogen) atoms. The summed E-state index contributed by atoms with van der Waals surface area (Å²) in [5, 5.41) is 4.07. The highest BCUT2D eigenvalue weighted by molar-refractivity contribution is 5.76. The second kappa shape index (κ2) is 4.63. The number of hydrogen-bond donors (Lipinski definition) is 1. The molecule has 3 rings (SSSR count). The molecule has 5 heteroatoms. The molecule has 98 valence electrons. The average Bonchev–Trinajstić information content (AvgIpc) is 3.23. The predicted molar refractivity (Wildman–Crippen MR) is 68.7 cm³/mol. The summed E-state index contributed by atoms with van der Waals surface area (Å²) in [6.45, 7) is 2.19. The van der Waals surface area contributed by atoms with E-state index in [-0.39, 0.29) is 5.91 Å². The van der Waals surface area contributed by atoms with E-state index in [1.165, 1.54) is 25.7 Å². The van der Waals surface area contributed by atoms with Crippen molar-refractivity contribution in [1.82, 2.24) is 14.7 Å². The Morgan fingerprint density at radius 3 is 2.39 bits per heavy atom. The molecule has 0 aromatic carbocycles. The van der Waals surface area contributed by atoms with Crippen molar-refractivity contribution >= 4 is 11.7 Å². The minimum absolute atomic E-state index is 0.178. The Labute approximate surface area is 107 Å². The van der Waals surface area contributed by atoms with Crippen LogP contribution in [0.1, 0.15) is 25.7 Å². The van der Waals surface area contributed by atoms with Crippen molar-refractivity contribution in [1.29, 1.82) is 0 Å². The minimum Gasteiger partial charge on any atom is -0.382 e. The summed E-state index contributed by atoms with van der Waals surface area (Å²) in [7, 11) is 0. The molecule has 1 heterocycles. The number of aromatic nitrogens is 2. The lowest BCUT2D eigenvalue weighted by Crippen LogP contribution is -2.37. The fraction of sp³-hybridized carbons (Fsp3) is 0.692. The Hall–Kier alpha value is -1.52. The largest absolute Gasteiger partial charge is 0.382 e. The molecule has 0 aliphatic heterocycles. The van der Waals surface area contributed by atoms with Crippen LogP contribution in [0.5, 0.6) is 0 Å². The summed E-state index contributed by atoms with van der Waals surface area (Å²) in [5.74, 6) is 2.14. The van der Waals surface area contributed by atoms with Crippen molar-refractivity contribution in [3.05, 3.63) is 12.3 Å². The third kappa shape index (κ3) is 3.03. The molecule has 2 N–H and O–H groups in total. The van der Waals surface area contributed by atoms with Crippen LogP contribution >= 0.6 is 0 Å². The number of nitrogen functional groups attached to an aromatic ring is 1. The third-order valence-electron chi connectivity index (χ3n) is 3.66. The quantitative estimate of drug-likeness (QED) is 0.820. The first kappa shape index (κ1) is 11.6. The summed E-state index contributed by atoms with van der Waals surface area (Å²) in [4.78, 5) is 14.3. The number of carbonyl (C=O) groups excluding carboxylic acids is 1. The van der Waals surface area contributed by atoms with E-state index in [4.69, 9.17) is 5.73 Å². The lowest BCUT2D eigenvalue weighted by atomic mass is 10.3. The van der Waals surface area contributed by atoms with E-state index in [1.54, 1.807) is 16.9 Å². The molecule has 1 aromatic heterocycles. The lowest BCUT2D eigenvalue weighted by molar-refractivity contribution is -0.132. The predicted octanol–water partition coefficient (Wildman–Crippen LogP) is 1.11. The van der Waals surface area contributed by atoms with E-state index in [0.29, 0.717) is 12.4 Å². The summed E-state index contributed by atoms with van der Waals surface area (Å²) in [6.07, 6.45) is 6.89. The molecule has 2 fully saturated rings. The van der Waals surface area contributed by atoms with Gasteiger partial charge in [-0.25, -0.2) is 0 Å². The Bertz CT molecular complexity index is 420. The van der Waals surface area contributed by atoms with Crippen LogP contribution < -0.4 is 5.73 Å². The van der Waals surface area contributed by atoms with Crippen LogP contribution in [0.25, 0.3) is 0 Å². The SMILES string of the molecule is Nc1ccn(CC(=O)N(CC2CC2)CC2CC2)n1. The smallest absolute Gasteiger partial charge is 0.244 e. The molecule has 0 radical (unpaired) electrons. The van der Waals surface area contributed by atoms with Crippen molar-refractivity contribution in [2.24, 2.45) is 11.8 Å². The number of nitrogens with zero attached hydrogens (tertiary/aromatic N) is 3. The van der Waals surface area contributed by atoms with E-state index in [1.807, 2.05) is 4.90 Å². The monoisotopic (exact) mass is 248 g/mol. The van der Waals surface area contributed by atoms with Crippen molar-refractivity contribution in [3.8, 4) is 0 Å². The van der Waals surface area contributed by atoms with Gasteiger partial charge in [0.05, 0.1) is 0 Å². The van der Waals surface area contributed by atoms with Crippen LogP contribution in [0.4, 0.5) is 5.82 Å². The topological polar surface area (TPSA) is 64.2 Å². The summed E-state index contributed by atoms with van der Waals surface area (Å²) in [6, 6.07) is 1.72. The summed E-state index contributed by atoms with van der Waals surface area (Å²) in [5.41, 5.74) is 5.56. The van der Waals surface area contributed by atoms with E-state index >= 15 is 0 Å². The Morgan fingerprint density at radius 1 is 1.33 bits per heavy atom. The normalized spacial score (nSPS) is 18.9. The van der Waals surface area contributed by atoms with Gasteiger partial charge in [0, 0.05) is 19.3 Å². The van der Waals surface area contributed by atoms with Crippen molar-refractivity contribution in [3.63, 3.8) is 0 Å². The maximum atomic E-state index is 12.3. The van der Waals surface area contributed by atoms with Crippen molar-refractivity contribution in [2.45, 2.75) is 32.2 Å². The van der Waals surface area contributed by atoms with Gasteiger partial charge >= 0.3 is 0 Å². The van der Waals surface area contributed by atoms with Gasteiger partial charge in [0.25, 0.3) is 0 Å². The molecule has 0 unspecified atom stereocenters. The molecule has 0 saturated heterocycles. The van der Waals surface area contributed by atoms with Gasteiger partial charge in [0.1, 0.15) is 12.4 Å². The standard InChI is InChI=1S/C13H20N4O/c14-12-5-6-17(15-12)9-13(18)16(7-10-1-2-10)8-11-3-4-11/h5-6,10-11H,1-4,7-9H2,(H2,14,15). The first-order valence-electron chi connectivity index (χ1n) is 6.77. The molecule has 5 nitrogen and oxygen atoms in total. The Morgan fingerprint density at radius 2 is 1.94 bits per heavy atom. The summed E-state index contributed by atoms with van der Waals surface area (Å²) < 4.78 is 1.63. The van der Waals surface area contributed by atoms with Crippen LogP contribution in [-0.2, 0) is 11.3 Å². The number of carbonyl (C=O) groups is 1. The second-order valence-electron chi connectivity index (χ2n) is 5.62. The van der Waals surface area contributed by atoms with E-state index < -0.39 is 0 Å². The average molecular weight is 248 g/mol. The van der Waals surface area contributed by atoms with Crippen LogP contribution in [0.3, 0.4) is 0 Å². The van der Waals surface area contributed by atoms with Gasteiger partial charge in [0.2, 0.25) is 5.91 Å². The maximum Gasteiger partial charge on any atom is 0.244 e. The van der Waals surface area contributed by atoms with Gasteiger partial charge in [-0.05, 0) is 43.6 Å². The second-order valence-corrected chi connectivity index (χ2v) is 5.62. The highest BCUT2D eigenvalue weighted by Crippen LogP contribution is 2.33. The van der Waals surface area contributed by atoms with Crippen molar-refractivity contribution in [2.75, 3.05) is 18.8 Å². The van der Waals surface area contributed by atoms with Gasteiger partial charge in [0.15, 0.2) is 0 Å². The number of nitrogens with two attached hydrogens (primary N) is 1.